The second-order valence-corrected chi connectivity index (χ2v) is 8.56. The monoisotopic (exact) mass is 332 g/mol. The number of rotatable bonds is 6. The summed E-state index contributed by atoms with van der Waals surface area (Å²) in [5.74, 6) is 0. The Bertz CT molecular complexity index is 581. The Morgan fingerprint density at radius 1 is 1.52 bits per heavy atom. The van der Waals surface area contributed by atoms with Crippen LogP contribution in [0.3, 0.4) is 0 Å². The molecule has 5 nitrogen and oxygen atoms in total. The van der Waals surface area contributed by atoms with Crippen molar-refractivity contribution in [2.45, 2.75) is 50.8 Å². The second-order valence-electron chi connectivity index (χ2n) is 5.72. The van der Waals surface area contributed by atoms with Gasteiger partial charge in [0, 0.05) is 37.7 Å². The summed E-state index contributed by atoms with van der Waals surface area (Å²) >= 11 is 1.51. The van der Waals surface area contributed by atoms with Gasteiger partial charge in [-0.25, -0.2) is 8.42 Å². The number of nitrogens with zero attached hydrogens (tertiary/aromatic N) is 1. The summed E-state index contributed by atoms with van der Waals surface area (Å²) in [7, 11) is -1.79. The molecule has 0 bridgehead atoms. The van der Waals surface area contributed by atoms with Gasteiger partial charge in [0.25, 0.3) is 0 Å². The Morgan fingerprint density at radius 3 is 2.81 bits per heavy atom. The van der Waals surface area contributed by atoms with Crippen LogP contribution in [-0.4, -0.2) is 45.1 Å². The van der Waals surface area contributed by atoms with E-state index in [1.54, 1.807) is 11.4 Å². The summed E-state index contributed by atoms with van der Waals surface area (Å²) < 4.78 is 32.6. The molecule has 21 heavy (non-hydrogen) atoms. The van der Waals surface area contributed by atoms with Crippen LogP contribution in [0.4, 0.5) is 0 Å². The third-order valence-electron chi connectivity index (χ3n) is 3.70. The van der Waals surface area contributed by atoms with Gasteiger partial charge in [0.05, 0.1) is 6.10 Å². The number of nitrogens with one attached hydrogen (secondary N) is 1. The van der Waals surface area contributed by atoms with Crippen molar-refractivity contribution in [3.8, 4) is 0 Å². The van der Waals surface area contributed by atoms with Crippen LogP contribution in [0.25, 0.3) is 0 Å². The third-order valence-corrected chi connectivity index (χ3v) is 7.03. The Kier molecular flexibility index (Phi) is 5.43. The Labute approximate surface area is 131 Å². The molecular weight excluding hydrogens is 308 g/mol. The summed E-state index contributed by atoms with van der Waals surface area (Å²) in [5, 5.41) is 5.23. The van der Waals surface area contributed by atoms with Gasteiger partial charge < -0.3 is 10.1 Å². The largest absolute Gasteiger partial charge is 0.380 e. The quantitative estimate of drug-likeness (QED) is 0.865. The first-order valence-electron chi connectivity index (χ1n) is 7.19. The average molecular weight is 332 g/mol. The van der Waals surface area contributed by atoms with Crippen LogP contribution in [0.1, 0.15) is 30.7 Å². The van der Waals surface area contributed by atoms with Crippen LogP contribution in [0, 0.1) is 6.92 Å². The van der Waals surface area contributed by atoms with E-state index in [1.165, 1.54) is 11.3 Å². The Balaban J connectivity index is 2.25. The predicted octanol–water partition coefficient (Wildman–Crippen LogP) is 1.96. The molecule has 1 aliphatic rings. The molecule has 0 spiro atoms. The molecule has 2 rings (SSSR count). The van der Waals surface area contributed by atoms with Gasteiger partial charge in [-0.1, -0.05) is 13.8 Å². The normalized spacial score (nSPS) is 20.5. The van der Waals surface area contributed by atoms with E-state index in [2.05, 4.69) is 19.2 Å². The molecule has 1 fully saturated rings. The SMILES string of the molecule is COC1CCN(S(=O)(=O)c2c(C)csc2CNC(C)C)C1. The highest BCUT2D eigenvalue weighted by molar-refractivity contribution is 7.89. The molecule has 0 aliphatic carbocycles. The molecule has 1 unspecified atom stereocenters. The highest BCUT2D eigenvalue weighted by atomic mass is 32.2. The van der Waals surface area contributed by atoms with E-state index in [0.29, 0.717) is 30.6 Å². The van der Waals surface area contributed by atoms with Crippen molar-refractivity contribution in [3.63, 3.8) is 0 Å². The lowest BCUT2D eigenvalue weighted by Crippen LogP contribution is -2.31. The number of hydrogen-bond acceptors (Lipinski definition) is 5. The molecule has 1 aromatic rings. The molecule has 1 saturated heterocycles. The molecule has 0 amide bonds. The van der Waals surface area contributed by atoms with Gasteiger partial charge in [-0.15, -0.1) is 11.3 Å². The minimum Gasteiger partial charge on any atom is -0.380 e. The molecular formula is C14H24N2O3S2. The topological polar surface area (TPSA) is 58.6 Å². The first-order chi connectivity index (χ1) is 9.86. The molecule has 1 N–H and O–H groups in total. The van der Waals surface area contributed by atoms with E-state index in [1.807, 2.05) is 12.3 Å². The minimum absolute atomic E-state index is 0.0101. The molecule has 1 atom stereocenters. The molecule has 0 aromatic carbocycles. The molecule has 120 valence electrons. The lowest BCUT2D eigenvalue weighted by atomic mass is 10.3. The second kappa shape index (κ2) is 6.75. The van der Waals surface area contributed by atoms with Crippen molar-refractivity contribution >= 4 is 21.4 Å². The molecule has 1 aliphatic heterocycles. The summed E-state index contributed by atoms with van der Waals surface area (Å²) in [6.07, 6.45) is 0.773. The molecule has 2 heterocycles. The van der Waals surface area contributed by atoms with Gasteiger partial charge in [-0.3, -0.25) is 0 Å². The standard InChI is InChI=1S/C14H24N2O3S2/c1-10(2)15-7-13-14(11(3)9-20-13)21(17,18)16-6-5-12(8-16)19-4/h9-10,12,15H,5-8H2,1-4H3. The number of methoxy groups -OCH3 is 1. The zero-order chi connectivity index (χ0) is 15.6. The van der Waals surface area contributed by atoms with Crippen molar-refractivity contribution in [1.29, 1.82) is 0 Å². The summed E-state index contributed by atoms with van der Waals surface area (Å²) in [4.78, 5) is 1.37. The third kappa shape index (κ3) is 3.65. The zero-order valence-electron chi connectivity index (χ0n) is 13.0. The number of hydrogen-bond donors (Lipinski definition) is 1. The fourth-order valence-electron chi connectivity index (χ4n) is 2.49. The van der Waals surface area contributed by atoms with E-state index in [4.69, 9.17) is 4.74 Å². The number of ether oxygens (including phenoxy) is 1. The maximum Gasteiger partial charge on any atom is 0.244 e. The van der Waals surface area contributed by atoms with E-state index >= 15 is 0 Å². The van der Waals surface area contributed by atoms with Gasteiger partial charge in [0.1, 0.15) is 4.90 Å². The van der Waals surface area contributed by atoms with E-state index in [0.717, 1.165) is 16.9 Å². The predicted molar refractivity (Wildman–Crippen MR) is 85.2 cm³/mol. The summed E-state index contributed by atoms with van der Waals surface area (Å²) in [6.45, 7) is 7.55. The lowest BCUT2D eigenvalue weighted by Gasteiger charge is -2.18. The first-order valence-corrected chi connectivity index (χ1v) is 9.51. The van der Waals surface area contributed by atoms with Crippen molar-refractivity contribution in [1.82, 2.24) is 9.62 Å². The van der Waals surface area contributed by atoms with Gasteiger partial charge in [0.15, 0.2) is 0 Å². The van der Waals surface area contributed by atoms with Crippen molar-refractivity contribution < 1.29 is 13.2 Å². The van der Waals surface area contributed by atoms with Crippen LogP contribution < -0.4 is 5.32 Å². The highest BCUT2D eigenvalue weighted by Gasteiger charge is 2.35. The molecule has 0 radical (unpaired) electrons. The maximum absolute atomic E-state index is 12.9. The van der Waals surface area contributed by atoms with Gasteiger partial charge >= 0.3 is 0 Å². The van der Waals surface area contributed by atoms with Gasteiger partial charge in [-0.2, -0.15) is 4.31 Å². The summed E-state index contributed by atoms with van der Waals surface area (Å²) in [5.41, 5.74) is 0.835. The highest BCUT2D eigenvalue weighted by Crippen LogP contribution is 2.31. The molecule has 7 heteroatoms. The fraction of sp³-hybridized carbons (Fsp3) is 0.714. The first kappa shape index (κ1) is 16.9. The average Bonchev–Trinajstić information content (AvgIpc) is 3.03. The van der Waals surface area contributed by atoms with Crippen molar-refractivity contribution in [2.75, 3.05) is 20.2 Å². The Hall–Kier alpha value is -0.470. The van der Waals surface area contributed by atoms with Gasteiger partial charge in [0.2, 0.25) is 10.0 Å². The fourth-order valence-corrected chi connectivity index (χ4v) is 5.69. The van der Waals surface area contributed by atoms with Crippen LogP contribution in [-0.2, 0) is 21.3 Å². The van der Waals surface area contributed by atoms with Crippen LogP contribution >= 0.6 is 11.3 Å². The lowest BCUT2D eigenvalue weighted by molar-refractivity contribution is 0.115. The van der Waals surface area contributed by atoms with Crippen molar-refractivity contribution in [3.05, 3.63) is 15.8 Å². The maximum atomic E-state index is 12.9. The molecule has 1 aromatic heterocycles. The van der Waals surface area contributed by atoms with E-state index in [-0.39, 0.29) is 6.10 Å². The van der Waals surface area contributed by atoms with Crippen LogP contribution in [0.5, 0.6) is 0 Å². The number of aryl methyl sites for hydroxylation is 1. The van der Waals surface area contributed by atoms with Crippen molar-refractivity contribution in [2.24, 2.45) is 0 Å². The van der Waals surface area contributed by atoms with Gasteiger partial charge in [-0.05, 0) is 24.3 Å². The zero-order valence-corrected chi connectivity index (χ0v) is 14.7. The van der Waals surface area contributed by atoms with E-state index < -0.39 is 10.0 Å². The molecule has 0 saturated carbocycles. The number of sulfonamides is 1. The minimum atomic E-state index is -3.42. The van der Waals surface area contributed by atoms with Crippen LogP contribution in [0.2, 0.25) is 0 Å². The number of thiophene rings is 1. The van der Waals surface area contributed by atoms with Crippen LogP contribution in [0.15, 0.2) is 10.3 Å². The Morgan fingerprint density at radius 2 is 2.24 bits per heavy atom. The van der Waals surface area contributed by atoms with E-state index in [9.17, 15) is 8.42 Å². The smallest absolute Gasteiger partial charge is 0.244 e. The summed E-state index contributed by atoms with van der Waals surface area (Å²) in [6, 6.07) is 0.326.